The van der Waals surface area contributed by atoms with Crippen LogP contribution in [0.4, 0.5) is 5.82 Å². The van der Waals surface area contributed by atoms with Crippen molar-refractivity contribution in [1.29, 1.82) is 0 Å². The largest absolute Gasteiger partial charge is 0.355 e. The summed E-state index contributed by atoms with van der Waals surface area (Å²) in [6.45, 7) is 2.93. The second kappa shape index (κ2) is 6.73. The number of hydrogen-bond donors (Lipinski definition) is 1. The first-order valence-corrected chi connectivity index (χ1v) is 7.06. The molecule has 0 radical (unpaired) electrons. The summed E-state index contributed by atoms with van der Waals surface area (Å²) < 4.78 is 0. The number of anilines is 1. The minimum atomic E-state index is 0.318. The van der Waals surface area contributed by atoms with Crippen molar-refractivity contribution in [1.82, 2.24) is 10.3 Å². The predicted octanol–water partition coefficient (Wildman–Crippen LogP) is 3.65. The molecule has 0 bridgehead atoms. The summed E-state index contributed by atoms with van der Waals surface area (Å²) in [5.41, 5.74) is 2.41. The lowest BCUT2D eigenvalue weighted by Crippen LogP contribution is -2.18. The van der Waals surface area contributed by atoms with E-state index in [2.05, 4.69) is 34.3 Å². The lowest BCUT2D eigenvalue weighted by Gasteiger charge is -2.19. The molecule has 0 saturated heterocycles. The van der Waals surface area contributed by atoms with Crippen LogP contribution in [-0.2, 0) is 6.54 Å². The van der Waals surface area contributed by atoms with Gasteiger partial charge in [0.2, 0.25) is 0 Å². The van der Waals surface area contributed by atoms with Crippen LogP contribution < -0.4 is 10.2 Å². The van der Waals surface area contributed by atoms with Crippen LogP contribution in [0.2, 0.25) is 5.02 Å². The third-order valence-corrected chi connectivity index (χ3v) is 3.68. The fraction of sp³-hybridized carbons (Fsp3) is 0.312. The Bertz CT molecular complexity index is 537. The molecule has 1 atom stereocenters. The Balaban J connectivity index is 2.05. The average molecular weight is 290 g/mol. The maximum Gasteiger partial charge on any atom is 0.128 e. The minimum Gasteiger partial charge on any atom is -0.355 e. The van der Waals surface area contributed by atoms with Crippen LogP contribution in [0.5, 0.6) is 0 Å². The van der Waals surface area contributed by atoms with Crippen LogP contribution in [0, 0.1) is 0 Å². The molecule has 0 aliphatic heterocycles. The maximum atomic E-state index is 5.89. The van der Waals surface area contributed by atoms with E-state index in [1.165, 1.54) is 11.1 Å². The molecule has 0 fully saturated rings. The first-order valence-electron chi connectivity index (χ1n) is 6.69. The highest BCUT2D eigenvalue weighted by atomic mass is 35.5. The van der Waals surface area contributed by atoms with Crippen molar-refractivity contribution in [3.8, 4) is 0 Å². The van der Waals surface area contributed by atoms with Gasteiger partial charge in [-0.3, -0.25) is 0 Å². The monoisotopic (exact) mass is 289 g/mol. The molecule has 106 valence electrons. The van der Waals surface area contributed by atoms with Gasteiger partial charge in [-0.05, 0) is 43.3 Å². The van der Waals surface area contributed by atoms with Crippen molar-refractivity contribution in [2.45, 2.75) is 19.5 Å². The molecule has 20 heavy (non-hydrogen) atoms. The van der Waals surface area contributed by atoms with Crippen molar-refractivity contribution >= 4 is 17.4 Å². The van der Waals surface area contributed by atoms with Crippen LogP contribution in [0.3, 0.4) is 0 Å². The van der Waals surface area contributed by atoms with Crippen molar-refractivity contribution in [2.75, 3.05) is 19.0 Å². The molecule has 0 aliphatic rings. The third kappa shape index (κ3) is 3.71. The topological polar surface area (TPSA) is 28.2 Å². The number of hydrogen-bond acceptors (Lipinski definition) is 3. The van der Waals surface area contributed by atoms with Crippen molar-refractivity contribution in [3.63, 3.8) is 0 Å². The van der Waals surface area contributed by atoms with Gasteiger partial charge in [-0.1, -0.05) is 29.8 Å². The molecule has 2 rings (SSSR count). The molecule has 1 N–H and O–H groups in total. The van der Waals surface area contributed by atoms with Crippen LogP contribution >= 0.6 is 11.6 Å². The quantitative estimate of drug-likeness (QED) is 0.911. The van der Waals surface area contributed by atoms with Gasteiger partial charge in [0.1, 0.15) is 5.82 Å². The van der Waals surface area contributed by atoms with Crippen molar-refractivity contribution in [3.05, 3.63) is 58.7 Å². The molecule has 1 unspecified atom stereocenters. The van der Waals surface area contributed by atoms with E-state index in [4.69, 9.17) is 11.6 Å². The molecule has 1 heterocycles. The van der Waals surface area contributed by atoms with Gasteiger partial charge in [-0.2, -0.15) is 0 Å². The smallest absolute Gasteiger partial charge is 0.128 e. The first-order chi connectivity index (χ1) is 9.60. The molecule has 1 aromatic heterocycles. The Labute approximate surface area is 125 Å². The second-order valence-corrected chi connectivity index (χ2v) is 5.38. The molecule has 0 saturated carbocycles. The van der Waals surface area contributed by atoms with Gasteiger partial charge >= 0.3 is 0 Å². The zero-order chi connectivity index (χ0) is 14.5. The molecule has 4 heteroatoms. The van der Waals surface area contributed by atoms with Crippen LogP contribution in [0.1, 0.15) is 24.1 Å². The number of rotatable bonds is 5. The minimum absolute atomic E-state index is 0.318. The second-order valence-electron chi connectivity index (χ2n) is 4.94. The summed E-state index contributed by atoms with van der Waals surface area (Å²) in [5, 5.41) is 3.97. The van der Waals surface area contributed by atoms with Gasteiger partial charge in [0.05, 0.1) is 0 Å². The van der Waals surface area contributed by atoms with E-state index < -0.39 is 0 Å². The molecule has 3 nitrogen and oxygen atoms in total. The lowest BCUT2D eigenvalue weighted by molar-refractivity contribution is 0.649. The van der Waals surface area contributed by atoms with E-state index in [0.29, 0.717) is 6.04 Å². The molecule has 2 aromatic rings. The highest BCUT2D eigenvalue weighted by Crippen LogP contribution is 2.17. The summed E-state index contributed by atoms with van der Waals surface area (Å²) in [7, 11) is 3.99. The van der Waals surface area contributed by atoms with Gasteiger partial charge in [0.25, 0.3) is 0 Å². The Morgan fingerprint density at radius 1 is 1.20 bits per heavy atom. The van der Waals surface area contributed by atoms with Gasteiger partial charge in [-0.25, -0.2) is 4.98 Å². The van der Waals surface area contributed by atoms with Gasteiger partial charge in [0, 0.05) is 30.9 Å². The van der Waals surface area contributed by atoms with E-state index in [1.54, 1.807) is 0 Å². The average Bonchev–Trinajstić information content (AvgIpc) is 2.49. The lowest BCUT2D eigenvalue weighted by atomic mass is 10.1. The zero-order valence-electron chi connectivity index (χ0n) is 12.1. The highest BCUT2D eigenvalue weighted by molar-refractivity contribution is 6.30. The van der Waals surface area contributed by atoms with Crippen LogP contribution in [0.15, 0.2) is 42.6 Å². The van der Waals surface area contributed by atoms with Gasteiger partial charge in [-0.15, -0.1) is 0 Å². The fourth-order valence-corrected chi connectivity index (χ4v) is 2.12. The predicted molar refractivity (Wildman–Crippen MR) is 85.3 cm³/mol. The van der Waals surface area contributed by atoms with Crippen molar-refractivity contribution < 1.29 is 0 Å². The molecular weight excluding hydrogens is 270 g/mol. The van der Waals surface area contributed by atoms with E-state index in [9.17, 15) is 0 Å². The Morgan fingerprint density at radius 2 is 1.90 bits per heavy atom. The van der Waals surface area contributed by atoms with Crippen LogP contribution in [0.25, 0.3) is 0 Å². The van der Waals surface area contributed by atoms with Gasteiger partial charge in [0.15, 0.2) is 0 Å². The summed E-state index contributed by atoms with van der Waals surface area (Å²) >= 11 is 5.89. The number of benzene rings is 1. The molecule has 0 amide bonds. The van der Waals surface area contributed by atoms with E-state index >= 15 is 0 Å². The molecule has 1 aromatic carbocycles. The normalized spacial score (nSPS) is 12.2. The zero-order valence-corrected chi connectivity index (χ0v) is 12.9. The standard InChI is InChI=1S/C16H20ClN3/c1-12(18-2)14-6-9-16(19-10-14)20(3)11-13-4-7-15(17)8-5-13/h4-10,12,18H,11H2,1-3H3. The van der Waals surface area contributed by atoms with E-state index in [1.807, 2.05) is 44.6 Å². The number of nitrogens with zero attached hydrogens (tertiary/aromatic N) is 2. The van der Waals surface area contributed by atoms with E-state index in [-0.39, 0.29) is 0 Å². The molecular formula is C16H20ClN3. The molecule has 0 spiro atoms. The fourth-order valence-electron chi connectivity index (χ4n) is 1.99. The third-order valence-electron chi connectivity index (χ3n) is 3.43. The Morgan fingerprint density at radius 3 is 2.45 bits per heavy atom. The first kappa shape index (κ1) is 14.8. The Kier molecular flexibility index (Phi) is 4.99. The number of pyridine rings is 1. The summed E-state index contributed by atoms with van der Waals surface area (Å²) in [6, 6.07) is 12.4. The number of aromatic nitrogens is 1. The van der Waals surface area contributed by atoms with E-state index in [0.717, 1.165) is 17.4 Å². The highest BCUT2D eigenvalue weighted by Gasteiger charge is 2.06. The summed E-state index contributed by atoms with van der Waals surface area (Å²) in [6.07, 6.45) is 1.93. The summed E-state index contributed by atoms with van der Waals surface area (Å²) in [4.78, 5) is 6.64. The van der Waals surface area contributed by atoms with Crippen molar-refractivity contribution in [2.24, 2.45) is 0 Å². The number of halogens is 1. The Hall–Kier alpha value is -1.58. The van der Waals surface area contributed by atoms with Crippen LogP contribution in [-0.4, -0.2) is 19.1 Å². The number of nitrogens with one attached hydrogen (secondary N) is 1. The SMILES string of the molecule is CNC(C)c1ccc(N(C)Cc2ccc(Cl)cc2)nc1. The summed E-state index contributed by atoms with van der Waals surface area (Å²) in [5.74, 6) is 0.965. The molecule has 0 aliphatic carbocycles. The maximum absolute atomic E-state index is 5.89. The van der Waals surface area contributed by atoms with Gasteiger partial charge < -0.3 is 10.2 Å².